The van der Waals surface area contributed by atoms with Gasteiger partial charge in [-0.25, -0.2) is 4.98 Å². The van der Waals surface area contributed by atoms with E-state index in [-0.39, 0.29) is 18.4 Å². The molecule has 0 spiro atoms. The molecule has 2 amide bonds. The number of hydrogen-bond acceptors (Lipinski definition) is 5. The van der Waals surface area contributed by atoms with Gasteiger partial charge in [0.25, 0.3) is 5.91 Å². The highest BCUT2D eigenvalue weighted by Crippen LogP contribution is 2.40. The fraction of sp³-hybridized carbons (Fsp3) is 0.364. The molecular formula is C22H23N5O3. The van der Waals surface area contributed by atoms with E-state index < -0.39 is 0 Å². The van der Waals surface area contributed by atoms with Crippen molar-refractivity contribution in [3.8, 4) is 0 Å². The summed E-state index contributed by atoms with van der Waals surface area (Å²) in [6, 6.07) is 3.93. The number of carbonyl (C=O) groups excluding carboxylic acids is 2. The van der Waals surface area contributed by atoms with Gasteiger partial charge in [-0.1, -0.05) is 6.08 Å². The van der Waals surface area contributed by atoms with Crippen LogP contribution in [0.2, 0.25) is 0 Å². The zero-order chi connectivity index (χ0) is 20.7. The maximum atomic E-state index is 12.7. The van der Waals surface area contributed by atoms with E-state index in [0.717, 1.165) is 36.3 Å². The van der Waals surface area contributed by atoms with Gasteiger partial charge in [-0.05, 0) is 47.6 Å². The first-order chi connectivity index (χ1) is 14.6. The van der Waals surface area contributed by atoms with Gasteiger partial charge in [-0.15, -0.1) is 0 Å². The van der Waals surface area contributed by atoms with Crippen LogP contribution in [0.15, 0.2) is 36.7 Å². The Morgan fingerprint density at radius 2 is 2.23 bits per heavy atom. The average Bonchev–Trinajstić information content (AvgIpc) is 3.38. The minimum atomic E-state index is -0.208. The van der Waals surface area contributed by atoms with Gasteiger partial charge in [0.1, 0.15) is 12.4 Å². The van der Waals surface area contributed by atoms with Crippen molar-refractivity contribution in [1.29, 1.82) is 0 Å². The van der Waals surface area contributed by atoms with E-state index in [9.17, 15) is 9.59 Å². The molecule has 1 saturated heterocycles. The van der Waals surface area contributed by atoms with Crippen LogP contribution in [-0.4, -0.2) is 51.2 Å². The van der Waals surface area contributed by atoms with Crippen molar-refractivity contribution < 1.29 is 14.3 Å². The molecular weight excluding hydrogens is 382 g/mol. The van der Waals surface area contributed by atoms with Gasteiger partial charge in [0.15, 0.2) is 0 Å². The lowest BCUT2D eigenvalue weighted by Gasteiger charge is -2.15. The van der Waals surface area contributed by atoms with Crippen molar-refractivity contribution in [3.63, 3.8) is 0 Å². The van der Waals surface area contributed by atoms with Crippen LogP contribution in [0.5, 0.6) is 0 Å². The SMILES string of the molecule is Cn1nccc1C1=CC2CN(C(=O)/C=C/c3cnc4c(c3)COCC(=O)N4)CC2C1. The Kier molecular flexibility index (Phi) is 4.71. The second-order valence-corrected chi connectivity index (χ2v) is 8.05. The smallest absolute Gasteiger partial charge is 0.251 e. The number of anilines is 1. The summed E-state index contributed by atoms with van der Waals surface area (Å²) in [5.41, 5.74) is 4.11. The highest BCUT2D eigenvalue weighted by atomic mass is 16.5. The van der Waals surface area contributed by atoms with Crippen LogP contribution >= 0.6 is 0 Å². The Morgan fingerprint density at radius 3 is 3.03 bits per heavy atom. The van der Waals surface area contributed by atoms with Gasteiger partial charge < -0.3 is 15.0 Å². The number of pyridine rings is 1. The van der Waals surface area contributed by atoms with Crippen molar-refractivity contribution in [2.24, 2.45) is 18.9 Å². The summed E-state index contributed by atoms with van der Waals surface area (Å²) in [6.45, 7) is 1.86. The average molecular weight is 405 g/mol. The summed E-state index contributed by atoms with van der Waals surface area (Å²) in [6.07, 6.45) is 10.1. The molecule has 8 heteroatoms. The number of nitrogens with one attached hydrogen (secondary N) is 1. The quantitative estimate of drug-likeness (QED) is 0.788. The van der Waals surface area contributed by atoms with E-state index in [2.05, 4.69) is 21.5 Å². The molecule has 5 rings (SSSR count). The molecule has 1 aliphatic carbocycles. The fourth-order valence-electron chi connectivity index (χ4n) is 4.51. The normalized spacial score (nSPS) is 23.2. The lowest BCUT2D eigenvalue weighted by molar-refractivity contribution is -0.125. The highest BCUT2D eigenvalue weighted by Gasteiger charge is 2.38. The number of nitrogens with zero attached hydrogens (tertiary/aromatic N) is 4. The number of rotatable bonds is 3. The van der Waals surface area contributed by atoms with E-state index in [1.165, 1.54) is 5.57 Å². The standard InChI is InChI=1S/C22H23N5O3/c1-26-19(4-5-24-26)15-7-16-10-27(11-17(16)8-15)21(29)3-2-14-6-18-12-30-13-20(28)25-22(18)23-9-14/h2-7,9,16-17H,8,10-13H2,1H3,(H,23,25,28)/b3-2+. The van der Waals surface area contributed by atoms with Gasteiger partial charge in [0, 0.05) is 44.2 Å². The Hall–Kier alpha value is -3.26. The highest BCUT2D eigenvalue weighted by molar-refractivity contribution is 5.93. The van der Waals surface area contributed by atoms with Gasteiger partial charge in [0.05, 0.1) is 12.3 Å². The van der Waals surface area contributed by atoms with Gasteiger partial charge in [0.2, 0.25) is 5.91 Å². The van der Waals surface area contributed by atoms with Crippen molar-refractivity contribution in [3.05, 3.63) is 53.5 Å². The Morgan fingerprint density at radius 1 is 1.33 bits per heavy atom. The Balaban J connectivity index is 1.24. The van der Waals surface area contributed by atoms with E-state index in [1.54, 1.807) is 18.3 Å². The molecule has 4 heterocycles. The van der Waals surface area contributed by atoms with Crippen molar-refractivity contribution in [1.82, 2.24) is 19.7 Å². The van der Waals surface area contributed by atoms with Crippen molar-refractivity contribution in [2.45, 2.75) is 13.0 Å². The number of amides is 2. The monoisotopic (exact) mass is 405 g/mol. The first kappa shape index (κ1) is 18.7. The molecule has 30 heavy (non-hydrogen) atoms. The molecule has 1 N–H and O–H groups in total. The first-order valence-electron chi connectivity index (χ1n) is 10.1. The minimum absolute atomic E-state index is 0.0133. The maximum Gasteiger partial charge on any atom is 0.251 e. The summed E-state index contributed by atoms with van der Waals surface area (Å²) in [4.78, 5) is 30.4. The molecule has 0 radical (unpaired) electrons. The zero-order valence-electron chi connectivity index (χ0n) is 16.7. The number of aryl methyl sites for hydroxylation is 1. The van der Waals surface area contributed by atoms with E-state index in [4.69, 9.17) is 4.74 Å². The summed E-state index contributed by atoms with van der Waals surface area (Å²) < 4.78 is 7.22. The maximum absolute atomic E-state index is 12.7. The van der Waals surface area contributed by atoms with Gasteiger partial charge in [-0.3, -0.25) is 14.3 Å². The predicted octanol–water partition coefficient (Wildman–Crippen LogP) is 1.86. The number of allylic oxidation sites excluding steroid dienone is 1. The molecule has 2 aliphatic heterocycles. The van der Waals surface area contributed by atoms with Crippen LogP contribution in [0.4, 0.5) is 5.82 Å². The lowest BCUT2D eigenvalue weighted by Crippen LogP contribution is -2.27. The van der Waals surface area contributed by atoms with Crippen LogP contribution in [0, 0.1) is 11.8 Å². The minimum Gasteiger partial charge on any atom is -0.367 e. The topological polar surface area (TPSA) is 89.3 Å². The third kappa shape index (κ3) is 3.54. The predicted molar refractivity (Wildman–Crippen MR) is 111 cm³/mol. The molecule has 1 fully saturated rings. The molecule has 0 saturated carbocycles. The third-order valence-electron chi connectivity index (χ3n) is 6.01. The molecule has 2 atom stereocenters. The zero-order valence-corrected chi connectivity index (χ0v) is 16.7. The van der Waals surface area contributed by atoms with Crippen LogP contribution in [0.25, 0.3) is 11.6 Å². The van der Waals surface area contributed by atoms with Crippen LogP contribution < -0.4 is 5.32 Å². The Bertz CT molecular complexity index is 1070. The van der Waals surface area contributed by atoms with Crippen molar-refractivity contribution in [2.75, 3.05) is 25.0 Å². The number of aromatic nitrogens is 3. The molecule has 154 valence electrons. The molecule has 0 aromatic carbocycles. The second kappa shape index (κ2) is 7.53. The van der Waals surface area contributed by atoms with E-state index >= 15 is 0 Å². The fourth-order valence-corrected chi connectivity index (χ4v) is 4.51. The van der Waals surface area contributed by atoms with Crippen LogP contribution in [0.3, 0.4) is 0 Å². The number of carbonyl (C=O) groups is 2. The Labute approximate surface area is 174 Å². The summed E-state index contributed by atoms with van der Waals surface area (Å²) >= 11 is 0. The van der Waals surface area contributed by atoms with Gasteiger partial charge >= 0.3 is 0 Å². The molecule has 0 bridgehead atoms. The lowest BCUT2D eigenvalue weighted by atomic mass is 9.99. The van der Waals surface area contributed by atoms with E-state index in [0.29, 0.717) is 24.3 Å². The van der Waals surface area contributed by atoms with E-state index in [1.807, 2.05) is 35.0 Å². The molecule has 8 nitrogen and oxygen atoms in total. The second-order valence-electron chi connectivity index (χ2n) is 8.05. The number of hydrogen-bond donors (Lipinski definition) is 1. The molecule has 3 aliphatic rings. The first-order valence-corrected chi connectivity index (χ1v) is 10.1. The summed E-state index contributed by atoms with van der Waals surface area (Å²) in [7, 11) is 1.96. The third-order valence-corrected chi connectivity index (χ3v) is 6.01. The molecule has 2 unspecified atom stereocenters. The molecule has 2 aromatic rings. The van der Waals surface area contributed by atoms with Gasteiger partial charge in [-0.2, -0.15) is 5.10 Å². The number of ether oxygens (including phenoxy) is 1. The van der Waals surface area contributed by atoms with Crippen molar-refractivity contribution >= 4 is 29.3 Å². The largest absolute Gasteiger partial charge is 0.367 e. The van der Waals surface area contributed by atoms with Crippen LogP contribution in [0.1, 0.15) is 23.2 Å². The van der Waals surface area contributed by atoms with Crippen LogP contribution in [-0.2, 0) is 28.0 Å². The number of likely N-dealkylation sites (tertiary alicyclic amines) is 1. The molecule has 2 aromatic heterocycles. The summed E-state index contributed by atoms with van der Waals surface area (Å²) in [5, 5.41) is 6.97. The number of fused-ring (bicyclic) bond motifs is 2. The summed E-state index contributed by atoms with van der Waals surface area (Å²) in [5.74, 6) is 1.20.